The van der Waals surface area contributed by atoms with Crippen LogP contribution in [-0.2, 0) is 23.3 Å². The zero-order valence-electron chi connectivity index (χ0n) is 28.2. The van der Waals surface area contributed by atoms with Crippen molar-refractivity contribution >= 4 is 27.0 Å². The van der Waals surface area contributed by atoms with Crippen LogP contribution in [0.5, 0.6) is 5.75 Å². The molecule has 0 spiro atoms. The maximum absolute atomic E-state index is 13.5. The highest BCUT2D eigenvalue weighted by molar-refractivity contribution is 7.87. The molecule has 1 aromatic heterocycles. The summed E-state index contributed by atoms with van der Waals surface area (Å²) in [7, 11) is -0.415. The highest BCUT2D eigenvalue weighted by Crippen LogP contribution is 2.48. The standard InChI is InChI=1S/C37H51N5O4S/c1-39-18-10-11-27-24-42-33-23-29(37(43)38-47(44,45)40(2)22-21-39)16-17-31(33)34(28-12-5-3-6-13-28)35(42)32-15-9-14-30(36(32)46-26-27)25-41-19-7-4-8-20-41/h9,14-17,23,27-28H,3-8,10-13,18-22,24-26H2,1-2H3,(H,38,43)/t27-/m1/s1. The molecule has 2 fully saturated rings. The average molecular weight is 662 g/mol. The topological polar surface area (TPSA) is 87.1 Å². The van der Waals surface area contributed by atoms with Crippen molar-refractivity contribution in [2.45, 2.75) is 83.2 Å². The van der Waals surface area contributed by atoms with Crippen LogP contribution in [-0.4, -0.2) is 86.4 Å². The number of likely N-dealkylation sites (tertiary alicyclic amines) is 1. The van der Waals surface area contributed by atoms with Gasteiger partial charge in [-0.2, -0.15) is 12.7 Å². The third-order valence-corrected chi connectivity index (χ3v) is 12.5. The number of amides is 1. The Balaban J connectivity index is 1.41. The van der Waals surface area contributed by atoms with Crippen molar-refractivity contribution in [2.75, 3.05) is 53.4 Å². The number of benzene rings is 2. The van der Waals surface area contributed by atoms with Gasteiger partial charge < -0.3 is 14.2 Å². The largest absolute Gasteiger partial charge is 0.492 e. The van der Waals surface area contributed by atoms with Gasteiger partial charge in [-0.05, 0) is 94.9 Å². The summed E-state index contributed by atoms with van der Waals surface area (Å²) < 4.78 is 39.3. The van der Waals surface area contributed by atoms with Crippen molar-refractivity contribution in [3.8, 4) is 17.0 Å². The maximum atomic E-state index is 13.5. The number of rotatable bonds is 3. The predicted octanol–water partition coefficient (Wildman–Crippen LogP) is 5.98. The van der Waals surface area contributed by atoms with Crippen LogP contribution in [0.15, 0.2) is 36.4 Å². The van der Waals surface area contributed by atoms with E-state index in [4.69, 9.17) is 4.74 Å². The van der Waals surface area contributed by atoms with Crippen LogP contribution < -0.4 is 9.46 Å². The molecule has 47 heavy (non-hydrogen) atoms. The normalized spacial score (nSPS) is 24.0. The first-order chi connectivity index (χ1) is 22.8. The summed E-state index contributed by atoms with van der Waals surface area (Å²) in [4.78, 5) is 18.3. The molecule has 0 unspecified atom stereocenters. The quantitative estimate of drug-likeness (QED) is 0.372. The second kappa shape index (κ2) is 13.9. The van der Waals surface area contributed by atoms with E-state index in [1.165, 1.54) is 72.1 Å². The second-order valence-electron chi connectivity index (χ2n) is 14.5. The Hall–Kier alpha value is -2.92. The van der Waals surface area contributed by atoms with Gasteiger partial charge in [-0.3, -0.25) is 9.69 Å². The second-order valence-corrected chi connectivity index (χ2v) is 16.2. The maximum Gasteiger partial charge on any atom is 0.303 e. The molecule has 1 amide bonds. The number of carbonyl (C=O) groups is 1. The first-order valence-electron chi connectivity index (χ1n) is 17.9. The molecule has 7 rings (SSSR count). The zero-order valence-corrected chi connectivity index (χ0v) is 29.0. The highest BCUT2D eigenvalue weighted by Gasteiger charge is 2.32. The molecule has 2 aromatic carbocycles. The summed E-state index contributed by atoms with van der Waals surface area (Å²) in [6.45, 7) is 6.35. The van der Waals surface area contributed by atoms with Crippen LogP contribution in [0, 0.1) is 5.92 Å². The molecule has 4 aliphatic rings. The molecular weight excluding hydrogens is 611 g/mol. The Morgan fingerprint density at radius 2 is 1.66 bits per heavy atom. The highest BCUT2D eigenvalue weighted by atomic mass is 32.2. The Bertz CT molecular complexity index is 1710. The Labute approximate surface area is 280 Å². The Kier molecular flexibility index (Phi) is 9.65. The van der Waals surface area contributed by atoms with Crippen molar-refractivity contribution < 1.29 is 17.9 Å². The molecule has 0 radical (unpaired) electrons. The molecule has 10 heteroatoms. The number of piperidine rings is 1. The van der Waals surface area contributed by atoms with Gasteiger partial charge in [0, 0.05) is 66.7 Å². The van der Waals surface area contributed by atoms with E-state index in [0.29, 0.717) is 37.1 Å². The number of ether oxygens (including phenoxy) is 1. The minimum Gasteiger partial charge on any atom is -0.492 e. The smallest absolute Gasteiger partial charge is 0.303 e. The van der Waals surface area contributed by atoms with Crippen molar-refractivity contribution in [1.82, 2.24) is 23.4 Å². The lowest BCUT2D eigenvalue weighted by Crippen LogP contribution is -2.44. The summed E-state index contributed by atoms with van der Waals surface area (Å²) in [5, 5.41) is 1.18. The van der Waals surface area contributed by atoms with E-state index in [0.717, 1.165) is 75.2 Å². The van der Waals surface area contributed by atoms with Gasteiger partial charge in [-0.25, -0.2) is 4.72 Å². The van der Waals surface area contributed by atoms with Gasteiger partial charge in [-0.15, -0.1) is 0 Å². The summed E-state index contributed by atoms with van der Waals surface area (Å²) in [6, 6.07) is 12.5. The number of carbonyl (C=O) groups excluding carboxylic acids is 1. The Morgan fingerprint density at radius 1 is 0.872 bits per heavy atom. The van der Waals surface area contributed by atoms with Crippen molar-refractivity contribution in [3.63, 3.8) is 0 Å². The summed E-state index contributed by atoms with van der Waals surface area (Å²) in [5.41, 5.74) is 6.39. The van der Waals surface area contributed by atoms with E-state index in [1.54, 1.807) is 0 Å². The lowest BCUT2D eigenvalue weighted by atomic mass is 9.81. The van der Waals surface area contributed by atoms with Gasteiger partial charge in [-0.1, -0.05) is 43.9 Å². The van der Waals surface area contributed by atoms with E-state index in [1.807, 2.05) is 19.2 Å². The predicted molar refractivity (Wildman–Crippen MR) is 187 cm³/mol. The average Bonchev–Trinajstić information content (AvgIpc) is 3.38. The van der Waals surface area contributed by atoms with Crippen molar-refractivity contribution in [3.05, 3.63) is 53.1 Å². The number of nitrogens with one attached hydrogen (secondary N) is 1. The number of fused-ring (bicyclic) bond motifs is 4. The molecular formula is C37H51N5O4S. The van der Waals surface area contributed by atoms with Crippen LogP contribution in [0.25, 0.3) is 22.2 Å². The van der Waals surface area contributed by atoms with Crippen LogP contribution in [0.3, 0.4) is 0 Å². The van der Waals surface area contributed by atoms with E-state index in [-0.39, 0.29) is 0 Å². The number of hydrogen-bond acceptors (Lipinski definition) is 6. The zero-order chi connectivity index (χ0) is 32.5. The molecule has 1 saturated heterocycles. The van der Waals surface area contributed by atoms with Crippen LogP contribution >= 0.6 is 0 Å². The van der Waals surface area contributed by atoms with Crippen LogP contribution in [0.1, 0.15) is 91.6 Å². The number of likely N-dealkylation sites (N-methyl/N-ethyl adjacent to an activating group) is 2. The van der Waals surface area contributed by atoms with E-state index in [2.05, 4.69) is 43.4 Å². The van der Waals surface area contributed by atoms with Crippen molar-refractivity contribution in [1.29, 1.82) is 0 Å². The minimum atomic E-state index is -3.98. The fraction of sp³-hybridized carbons (Fsp3) is 0.595. The summed E-state index contributed by atoms with van der Waals surface area (Å²) in [5.74, 6) is 1.14. The van der Waals surface area contributed by atoms with E-state index >= 15 is 0 Å². The molecule has 4 heterocycles. The fourth-order valence-corrected chi connectivity index (χ4v) is 9.19. The first-order valence-corrected chi connectivity index (χ1v) is 19.3. The fourth-order valence-electron chi connectivity index (χ4n) is 8.36. The van der Waals surface area contributed by atoms with Crippen LogP contribution in [0.4, 0.5) is 0 Å². The van der Waals surface area contributed by atoms with Gasteiger partial charge in [0.1, 0.15) is 5.75 Å². The minimum absolute atomic E-state index is 0.293. The molecule has 3 aromatic rings. The number of hydrogen-bond donors (Lipinski definition) is 1. The third kappa shape index (κ3) is 6.84. The Morgan fingerprint density at radius 3 is 2.47 bits per heavy atom. The molecule has 9 nitrogen and oxygen atoms in total. The lowest BCUT2D eigenvalue weighted by molar-refractivity contribution is 0.0979. The summed E-state index contributed by atoms with van der Waals surface area (Å²) in [6.07, 6.45) is 11.8. The lowest BCUT2D eigenvalue weighted by Gasteiger charge is -2.31. The van der Waals surface area contributed by atoms with Gasteiger partial charge >= 0.3 is 10.2 Å². The van der Waals surface area contributed by atoms with E-state index in [9.17, 15) is 13.2 Å². The number of para-hydroxylation sites is 1. The van der Waals surface area contributed by atoms with Crippen molar-refractivity contribution in [2.24, 2.45) is 5.92 Å². The molecule has 1 aliphatic carbocycles. The van der Waals surface area contributed by atoms with Gasteiger partial charge in [0.15, 0.2) is 0 Å². The number of nitrogens with zero attached hydrogens (tertiary/aromatic N) is 4. The molecule has 1 atom stereocenters. The van der Waals surface area contributed by atoms with Gasteiger partial charge in [0.2, 0.25) is 0 Å². The SMILES string of the molecule is CN1CCC[C@H]2COc3c(CN4CCCCC4)cccc3-c3c(C4CCCCC4)c4ccc(cc4n3C2)C(=O)NS(=O)(=O)N(C)CC1. The molecule has 254 valence electrons. The van der Waals surface area contributed by atoms with Gasteiger partial charge in [0.25, 0.3) is 5.91 Å². The molecule has 3 aliphatic heterocycles. The molecule has 1 N–H and O–H groups in total. The molecule has 1 saturated carbocycles. The monoisotopic (exact) mass is 661 g/mol. The first kappa shape index (κ1) is 32.6. The van der Waals surface area contributed by atoms with Gasteiger partial charge in [0.05, 0.1) is 12.3 Å². The molecule has 4 bridgehead atoms. The number of aromatic nitrogens is 1. The van der Waals surface area contributed by atoms with E-state index < -0.39 is 16.1 Å². The summed E-state index contributed by atoms with van der Waals surface area (Å²) >= 11 is 0. The van der Waals surface area contributed by atoms with Crippen LogP contribution in [0.2, 0.25) is 0 Å². The third-order valence-electron chi connectivity index (χ3n) is 11.1.